The second kappa shape index (κ2) is 3.88. The maximum absolute atomic E-state index is 11.4. The minimum atomic E-state index is -0.401. The van der Waals surface area contributed by atoms with Crippen molar-refractivity contribution in [1.29, 1.82) is 0 Å². The van der Waals surface area contributed by atoms with E-state index in [9.17, 15) is 4.79 Å². The molecule has 0 unspecified atom stereocenters. The predicted octanol–water partition coefficient (Wildman–Crippen LogP) is 1.75. The van der Waals surface area contributed by atoms with E-state index in [-0.39, 0.29) is 0 Å². The molecule has 0 amide bonds. The van der Waals surface area contributed by atoms with Gasteiger partial charge in [0.2, 0.25) is 5.88 Å². The van der Waals surface area contributed by atoms with E-state index in [1.165, 1.54) is 27.1 Å². The monoisotopic (exact) mass is 207 g/mol. The van der Waals surface area contributed by atoms with Gasteiger partial charge in [-0.1, -0.05) is 0 Å². The van der Waals surface area contributed by atoms with Crippen LogP contribution in [0.15, 0.2) is 12.3 Å². The van der Waals surface area contributed by atoms with Crippen LogP contribution < -0.4 is 4.74 Å². The molecule has 0 atom stereocenters. The van der Waals surface area contributed by atoms with Crippen molar-refractivity contribution < 1.29 is 14.3 Å². The molecule has 1 fully saturated rings. The molecule has 0 aliphatic heterocycles. The molecule has 15 heavy (non-hydrogen) atoms. The van der Waals surface area contributed by atoms with E-state index in [4.69, 9.17) is 4.74 Å². The van der Waals surface area contributed by atoms with Crippen molar-refractivity contribution in [3.05, 3.63) is 23.4 Å². The van der Waals surface area contributed by atoms with E-state index >= 15 is 0 Å². The SMILES string of the molecule is COC(=O)c1cc(C2CC2)cnc1OC. The van der Waals surface area contributed by atoms with Gasteiger partial charge in [0.1, 0.15) is 5.56 Å². The summed E-state index contributed by atoms with van der Waals surface area (Å²) >= 11 is 0. The molecule has 0 saturated heterocycles. The Morgan fingerprint density at radius 1 is 1.47 bits per heavy atom. The average molecular weight is 207 g/mol. The van der Waals surface area contributed by atoms with E-state index in [1.807, 2.05) is 6.07 Å². The highest BCUT2D eigenvalue weighted by atomic mass is 16.5. The van der Waals surface area contributed by atoms with Crippen LogP contribution in [-0.4, -0.2) is 25.2 Å². The van der Waals surface area contributed by atoms with Gasteiger partial charge in [-0.05, 0) is 30.4 Å². The zero-order valence-electron chi connectivity index (χ0n) is 8.82. The fourth-order valence-corrected chi connectivity index (χ4v) is 1.53. The van der Waals surface area contributed by atoms with Gasteiger partial charge in [-0.15, -0.1) is 0 Å². The summed E-state index contributed by atoms with van der Waals surface area (Å²) in [5.41, 5.74) is 1.50. The standard InChI is InChI=1S/C11H13NO3/c1-14-10-9(11(13)15-2)5-8(6-12-10)7-3-4-7/h5-7H,3-4H2,1-2H3. The third-order valence-electron chi connectivity index (χ3n) is 2.52. The molecule has 0 N–H and O–H groups in total. The largest absolute Gasteiger partial charge is 0.480 e. The first-order valence-electron chi connectivity index (χ1n) is 4.88. The zero-order valence-corrected chi connectivity index (χ0v) is 8.82. The van der Waals surface area contributed by atoms with Gasteiger partial charge < -0.3 is 9.47 Å². The van der Waals surface area contributed by atoms with Gasteiger partial charge in [-0.25, -0.2) is 9.78 Å². The van der Waals surface area contributed by atoms with E-state index in [1.54, 1.807) is 6.20 Å². The molecule has 4 nitrogen and oxygen atoms in total. The fourth-order valence-electron chi connectivity index (χ4n) is 1.53. The lowest BCUT2D eigenvalue weighted by Crippen LogP contribution is -2.06. The maximum atomic E-state index is 11.4. The first-order valence-corrected chi connectivity index (χ1v) is 4.88. The van der Waals surface area contributed by atoms with Crippen molar-refractivity contribution in [3.8, 4) is 5.88 Å². The Hall–Kier alpha value is -1.58. The first kappa shape index (κ1) is 9.96. The summed E-state index contributed by atoms with van der Waals surface area (Å²) in [4.78, 5) is 15.6. The van der Waals surface area contributed by atoms with E-state index < -0.39 is 5.97 Å². The third kappa shape index (κ3) is 1.93. The van der Waals surface area contributed by atoms with E-state index in [0.717, 1.165) is 5.56 Å². The summed E-state index contributed by atoms with van der Waals surface area (Å²) in [5.74, 6) is 0.486. The molecule has 1 aromatic rings. The number of ether oxygens (including phenoxy) is 2. The molecule has 1 aliphatic rings. The van der Waals surface area contributed by atoms with Crippen molar-refractivity contribution in [2.45, 2.75) is 18.8 Å². The molecule has 80 valence electrons. The highest BCUT2D eigenvalue weighted by Crippen LogP contribution is 2.40. The number of hydrogen-bond donors (Lipinski definition) is 0. The number of methoxy groups -OCH3 is 2. The van der Waals surface area contributed by atoms with Crippen molar-refractivity contribution in [3.63, 3.8) is 0 Å². The predicted molar refractivity (Wildman–Crippen MR) is 54.1 cm³/mol. The third-order valence-corrected chi connectivity index (χ3v) is 2.52. The van der Waals surface area contributed by atoms with Gasteiger partial charge in [0, 0.05) is 6.20 Å². The van der Waals surface area contributed by atoms with Gasteiger partial charge >= 0.3 is 5.97 Å². The van der Waals surface area contributed by atoms with E-state index in [0.29, 0.717) is 17.4 Å². The molecule has 0 radical (unpaired) electrons. The number of carbonyl (C=O) groups is 1. The van der Waals surface area contributed by atoms with Crippen LogP contribution in [0.1, 0.15) is 34.7 Å². The Bertz CT molecular complexity index is 385. The molecular formula is C11H13NO3. The lowest BCUT2D eigenvalue weighted by Gasteiger charge is -2.07. The molecule has 1 heterocycles. The molecule has 4 heteroatoms. The second-order valence-corrected chi connectivity index (χ2v) is 3.59. The summed E-state index contributed by atoms with van der Waals surface area (Å²) in [7, 11) is 2.84. The summed E-state index contributed by atoms with van der Waals surface area (Å²) in [5, 5.41) is 0. The quantitative estimate of drug-likeness (QED) is 0.708. The number of aromatic nitrogens is 1. The van der Waals surface area contributed by atoms with Crippen LogP contribution in [0.2, 0.25) is 0 Å². The minimum Gasteiger partial charge on any atom is -0.480 e. The molecule has 1 aromatic heterocycles. The minimum absolute atomic E-state index is 0.325. The van der Waals surface area contributed by atoms with Crippen LogP contribution in [0.5, 0.6) is 5.88 Å². The van der Waals surface area contributed by atoms with Crippen LogP contribution in [0.4, 0.5) is 0 Å². The van der Waals surface area contributed by atoms with Gasteiger partial charge in [0.25, 0.3) is 0 Å². The second-order valence-electron chi connectivity index (χ2n) is 3.59. The fraction of sp³-hybridized carbons (Fsp3) is 0.455. The summed E-state index contributed by atoms with van der Waals surface area (Å²) in [6.45, 7) is 0. The number of esters is 1. The van der Waals surface area contributed by atoms with Gasteiger partial charge in [-0.3, -0.25) is 0 Å². The van der Waals surface area contributed by atoms with Crippen molar-refractivity contribution in [2.24, 2.45) is 0 Å². The summed E-state index contributed by atoms with van der Waals surface area (Å²) in [6.07, 6.45) is 4.12. The summed E-state index contributed by atoms with van der Waals surface area (Å²) in [6, 6.07) is 1.81. The number of nitrogens with zero attached hydrogens (tertiary/aromatic N) is 1. The Morgan fingerprint density at radius 3 is 2.73 bits per heavy atom. The molecule has 0 aromatic carbocycles. The normalized spacial score (nSPS) is 14.8. The van der Waals surface area contributed by atoms with Gasteiger partial charge in [-0.2, -0.15) is 0 Å². The van der Waals surface area contributed by atoms with Crippen LogP contribution in [0, 0.1) is 0 Å². The van der Waals surface area contributed by atoms with Gasteiger partial charge in [0.05, 0.1) is 14.2 Å². The number of hydrogen-bond acceptors (Lipinski definition) is 4. The lowest BCUT2D eigenvalue weighted by atomic mass is 10.1. The van der Waals surface area contributed by atoms with Crippen molar-refractivity contribution in [2.75, 3.05) is 14.2 Å². The Morgan fingerprint density at radius 2 is 2.20 bits per heavy atom. The van der Waals surface area contributed by atoms with Crippen molar-refractivity contribution in [1.82, 2.24) is 4.98 Å². The first-order chi connectivity index (χ1) is 7.26. The molecule has 1 saturated carbocycles. The molecule has 2 rings (SSSR count). The maximum Gasteiger partial charge on any atom is 0.343 e. The Labute approximate surface area is 88.2 Å². The Kier molecular flexibility index (Phi) is 2.58. The van der Waals surface area contributed by atoms with Crippen LogP contribution >= 0.6 is 0 Å². The Balaban J connectivity index is 2.37. The van der Waals surface area contributed by atoms with Crippen LogP contribution in [0.3, 0.4) is 0 Å². The average Bonchev–Trinajstić information content (AvgIpc) is 3.11. The van der Waals surface area contributed by atoms with Crippen LogP contribution in [0.25, 0.3) is 0 Å². The molecule has 0 bridgehead atoms. The highest BCUT2D eigenvalue weighted by Gasteiger charge is 2.26. The number of rotatable bonds is 3. The number of pyridine rings is 1. The highest BCUT2D eigenvalue weighted by molar-refractivity contribution is 5.92. The number of carbonyl (C=O) groups excluding carboxylic acids is 1. The van der Waals surface area contributed by atoms with Gasteiger partial charge in [0.15, 0.2) is 0 Å². The van der Waals surface area contributed by atoms with Crippen molar-refractivity contribution >= 4 is 5.97 Å². The lowest BCUT2D eigenvalue weighted by molar-refractivity contribution is 0.0596. The molecule has 1 aliphatic carbocycles. The van der Waals surface area contributed by atoms with Crippen LogP contribution in [-0.2, 0) is 4.74 Å². The topological polar surface area (TPSA) is 48.4 Å². The summed E-state index contributed by atoms with van der Waals surface area (Å²) < 4.78 is 9.69. The zero-order chi connectivity index (χ0) is 10.8. The molecule has 0 spiro atoms. The molecular weight excluding hydrogens is 194 g/mol. The smallest absolute Gasteiger partial charge is 0.343 e. The van der Waals surface area contributed by atoms with E-state index in [2.05, 4.69) is 9.72 Å².